The van der Waals surface area contributed by atoms with Crippen molar-refractivity contribution < 1.29 is 9.13 Å². The number of nitrogens with one attached hydrogen (secondary N) is 1. The zero-order valence-electron chi connectivity index (χ0n) is 12.3. The molecule has 4 aromatic rings. The van der Waals surface area contributed by atoms with Gasteiger partial charge in [-0.3, -0.25) is 0 Å². The summed E-state index contributed by atoms with van der Waals surface area (Å²) in [7, 11) is 0. The van der Waals surface area contributed by atoms with Crippen molar-refractivity contribution in [2.24, 2.45) is 0 Å². The van der Waals surface area contributed by atoms with Crippen LogP contribution in [-0.4, -0.2) is 4.98 Å². The first kappa shape index (κ1) is 13.6. The van der Waals surface area contributed by atoms with E-state index in [0.29, 0.717) is 5.75 Å². The van der Waals surface area contributed by atoms with E-state index < -0.39 is 0 Å². The number of aromatic nitrogens is 1. The van der Waals surface area contributed by atoms with E-state index in [2.05, 4.69) is 4.98 Å². The molecule has 4 rings (SSSR count). The molecule has 3 heteroatoms. The molecule has 1 N–H and O–H groups in total. The molecule has 1 aromatic heterocycles. The summed E-state index contributed by atoms with van der Waals surface area (Å²) in [6.45, 7) is 0. The molecule has 0 amide bonds. The lowest BCUT2D eigenvalue weighted by Gasteiger charge is -2.07. The molecule has 0 aliphatic heterocycles. The summed E-state index contributed by atoms with van der Waals surface area (Å²) in [5.41, 5.74) is 2.71. The van der Waals surface area contributed by atoms with E-state index in [4.69, 9.17) is 4.74 Å². The highest BCUT2D eigenvalue weighted by atomic mass is 19.1. The van der Waals surface area contributed by atoms with Crippen LogP contribution in [0.25, 0.3) is 22.2 Å². The Labute approximate surface area is 133 Å². The monoisotopic (exact) mass is 303 g/mol. The standard InChI is InChI=1S/C20H14FNO/c21-17-12-15(19-13-14-6-4-5-9-18(14)22-19)10-11-20(17)23-16-7-2-1-3-8-16/h1-13,22H. The van der Waals surface area contributed by atoms with Gasteiger partial charge in [-0.2, -0.15) is 0 Å². The summed E-state index contributed by atoms with van der Waals surface area (Å²) in [6.07, 6.45) is 0. The SMILES string of the molecule is Fc1cc(-c2cc3ccccc3[nH]2)ccc1Oc1ccccc1. The molecule has 3 aromatic carbocycles. The molecule has 1 heterocycles. The minimum absolute atomic E-state index is 0.219. The first-order valence-corrected chi connectivity index (χ1v) is 7.40. The Balaban J connectivity index is 1.67. The molecule has 112 valence electrons. The third-order valence-corrected chi connectivity index (χ3v) is 3.74. The molecule has 0 saturated carbocycles. The third-order valence-electron chi connectivity index (χ3n) is 3.74. The molecule has 0 radical (unpaired) electrons. The largest absolute Gasteiger partial charge is 0.454 e. The van der Waals surface area contributed by atoms with Crippen LogP contribution in [0.1, 0.15) is 0 Å². The van der Waals surface area contributed by atoms with E-state index in [-0.39, 0.29) is 11.6 Å². The fraction of sp³-hybridized carbons (Fsp3) is 0. The fourth-order valence-corrected chi connectivity index (χ4v) is 2.60. The van der Waals surface area contributed by atoms with E-state index >= 15 is 0 Å². The normalized spacial score (nSPS) is 10.8. The van der Waals surface area contributed by atoms with Crippen LogP contribution in [0.15, 0.2) is 78.9 Å². The summed E-state index contributed by atoms with van der Waals surface area (Å²) in [5, 5.41) is 1.10. The summed E-state index contributed by atoms with van der Waals surface area (Å²) >= 11 is 0. The number of halogens is 1. The van der Waals surface area contributed by atoms with Gasteiger partial charge in [0.05, 0.1) is 0 Å². The molecule has 0 aliphatic rings. The maximum Gasteiger partial charge on any atom is 0.166 e. The first-order chi connectivity index (χ1) is 11.3. The van der Waals surface area contributed by atoms with Gasteiger partial charge < -0.3 is 9.72 Å². The van der Waals surface area contributed by atoms with Gasteiger partial charge in [0.2, 0.25) is 0 Å². The fourth-order valence-electron chi connectivity index (χ4n) is 2.60. The quantitative estimate of drug-likeness (QED) is 0.511. The molecule has 2 nitrogen and oxygen atoms in total. The van der Waals surface area contributed by atoms with Gasteiger partial charge in [0.15, 0.2) is 11.6 Å². The highest BCUT2D eigenvalue weighted by Gasteiger charge is 2.09. The Kier molecular flexibility index (Phi) is 3.31. The van der Waals surface area contributed by atoms with Gasteiger partial charge in [0, 0.05) is 22.2 Å². The molecule has 0 unspecified atom stereocenters. The second-order valence-corrected chi connectivity index (χ2v) is 5.33. The Morgan fingerprint density at radius 2 is 1.57 bits per heavy atom. The Morgan fingerprint density at radius 1 is 0.783 bits per heavy atom. The molecule has 0 bridgehead atoms. The summed E-state index contributed by atoms with van der Waals surface area (Å²) in [4.78, 5) is 3.30. The highest BCUT2D eigenvalue weighted by molar-refractivity contribution is 5.85. The van der Waals surface area contributed by atoms with Crippen LogP contribution in [-0.2, 0) is 0 Å². The van der Waals surface area contributed by atoms with Gasteiger partial charge in [-0.1, -0.05) is 36.4 Å². The zero-order chi connectivity index (χ0) is 15.6. The van der Waals surface area contributed by atoms with Crippen LogP contribution in [0.5, 0.6) is 11.5 Å². The van der Waals surface area contributed by atoms with Gasteiger partial charge in [0.25, 0.3) is 0 Å². The van der Waals surface area contributed by atoms with Crippen molar-refractivity contribution in [3.8, 4) is 22.8 Å². The van der Waals surface area contributed by atoms with Crippen molar-refractivity contribution in [3.63, 3.8) is 0 Å². The average molecular weight is 303 g/mol. The Morgan fingerprint density at radius 3 is 2.35 bits per heavy atom. The van der Waals surface area contributed by atoms with Gasteiger partial charge in [0.1, 0.15) is 5.75 Å². The number of hydrogen-bond acceptors (Lipinski definition) is 1. The van der Waals surface area contributed by atoms with E-state index in [1.54, 1.807) is 18.2 Å². The Bertz CT molecular complexity index is 927. The van der Waals surface area contributed by atoms with Gasteiger partial charge in [-0.15, -0.1) is 0 Å². The van der Waals surface area contributed by atoms with Crippen LogP contribution in [0.2, 0.25) is 0 Å². The number of ether oxygens (including phenoxy) is 1. The topological polar surface area (TPSA) is 25.0 Å². The van der Waals surface area contributed by atoms with Crippen LogP contribution < -0.4 is 4.74 Å². The van der Waals surface area contributed by atoms with Gasteiger partial charge in [-0.25, -0.2) is 4.39 Å². The Hall–Kier alpha value is -3.07. The lowest BCUT2D eigenvalue weighted by Crippen LogP contribution is -1.89. The zero-order valence-corrected chi connectivity index (χ0v) is 12.3. The lowest BCUT2D eigenvalue weighted by atomic mass is 10.1. The van der Waals surface area contributed by atoms with Crippen molar-refractivity contribution >= 4 is 10.9 Å². The number of fused-ring (bicyclic) bond motifs is 1. The molecular formula is C20H14FNO. The predicted molar refractivity (Wildman–Crippen MR) is 90.2 cm³/mol. The molecule has 0 spiro atoms. The van der Waals surface area contributed by atoms with Crippen LogP contribution in [0.3, 0.4) is 0 Å². The van der Waals surface area contributed by atoms with Crippen molar-refractivity contribution in [1.29, 1.82) is 0 Å². The van der Waals surface area contributed by atoms with E-state index in [9.17, 15) is 4.39 Å². The van der Waals surface area contributed by atoms with Gasteiger partial charge in [-0.05, 0) is 42.5 Å². The number of rotatable bonds is 3. The summed E-state index contributed by atoms with van der Waals surface area (Å²) in [5.74, 6) is 0.450. The van der Waals surface area contributed by atoms with Gasteiger partial charge >= 0.3 is 0 Å². The molecule has 0 fully saturated rings. The lowest BCUT2D eigenvalue weighted by molar-refractivity contribution is 0.442. The minimum Gasteiger partial charge on any atom is -0.454 e. The van der Waals surface area contributed by atoms with Crippen molar-refractivity contribution in [1.82, 2.24) is 4.98 Å². The molecule has 0 aliphatic carbocycles. The van der Waals surface area contributed by atoms with Crippen LogP contribution >= 0.6 is 0 Å². The summed E-state index contributed by atoms with van der Waals surface area (Å²) < 4.78 is 19.9. The summed E-state index contributed by atoms with van der Waals surface area (Å²) in [6, 6.07) is 24.2. The van der Waals surface area contributed by atoms with E-state index in [1.807, 2.05) is 54.6 Å². The maximum absolute atomic E-state index is 14.3. The van der Waals surface area contributed by atoms with Crippen LogP contribution in [0, 0.1) is 5.82 Å². The molecular weight excluding hydrogens is 289 g/mol. The molecule has 0 atom stereocenters. The second-order valence-electron chi connectivity index (χ2n) is 5.33. The van der Waals surface area contributed by atoms with Crippen molar-refractivity contribution in [2.45, 2.75) is 0 Å². The van der Waals surface area contributed by atoms with E-state index in [0.717, 1.165) is 22.2 Å². The number of para-hydroxylation sites is 2. The molecule has 23 heavy (non-hydrogen) atoms. The predicted octanol–water partition coefficient (Wildman–Crippen LogP) is 5.77. The number of H-pyrrole nitrogens is 1. The second kappa shape index (κ2) is 5.61. The average Bonchev–Trinajstić information content (AvgIpc) is 3.02. The van der Waals surface area contributed by atoms with Crippen LogP contribution in [0.4, 0.5) is 4.39 Å². The van der Waals surface area contributed by atoms with E-state index in [1.165, 1.54) is 6.07 Å². The minimum atomic E-state index is -0.384. The van der Waals surface area contributed by atoms with Crippen molar-refractivity contribution in [2.75, 3.05) is 0 Å². The highest BCUT2D eigenvalue weighted by Crippen LogP contribution is 2.30. The smallest absolute Gasteiger partial charge is 0.166 e. The maximum atomic E-state index is 14.3. The number of aromatic amines is 1. The third kappa shape index (κ3) is 2.69. The molecule has 0 saturated heterocycles. The number of hydrogen-bond donors (Lipinski definition) is 1. The first-order valence-electron chi connectivity index (χ1n) is 7.40. The number of benzene rings is 3. The van der Waals surface area contributed by atoms with Crippen molar-refractivity contribution in [3.05, 3.63) is 84.7 Å².